The van der Waals surface area contributed by atoms with Crippen LogP contribution < -0.4 is 0 Å². The Balaban J connectivity index is 1.60. The first kappa shape index (κ1) is 16.7. The van der Waals surface area contributed by atoms with E-state index < -0.39 is 9.84 Å². The first-order chi connectivity index (χ1) is 11.6. The normalized spacial score (nSPS) is 18.0. The molecule has 0 saturated carbocycles. The fourth-order valence-corrected chi connectivity index (χ4v) is 4.34. The standard InChI is InChI=1S/C17H21N3O3S/c21-17(9-13-24(22,23)16-7-2-1-3-8-16)20-12-4-6-15(20)14-19-11-5-10-18-19/h1-3,5,7-8,10-11,15H,4,6,9,12-14H2/t15-/m0/s1. The highest BCUT2D eigenvalue weighted by Crippen LogP contribution is 2.20. The summed E-state index contributed by atoms with van der Waals surface area (Å²) >= 11 is 0. The van der Waals surface area contributed by atoms with Gasteiger partial charge in [0.05, 0.1) is 23.2 Å². The van der Waals surface area contributed by atoms with Crippen LogP contribution in [0.4, 0.5) is 0 Å². The Morgan fingerprint density at radius 2 is 2.00 bits per heavy atom. The number of likely N-dealkylation sites (tertiary alicyclic amines) is 1. The zero-order valence-corrected chi connectivity index (χ0v) is 14.2. The number of benzene rings is 1. The molecule has 128 valence electrons. The molecule has 24 heavy (non-hydrogen) atoms. The van der Waals surface area contributed by atoms with Crippen molar-refractivity contribution in [3.8, 4) is 0 Å². The van der Waals surface area contributed by atoms with Crippen molar-refractivity contribution < 1.29 is 13.2 Å². The molecule has 0 radical (unpaired) electrons. The van der Waals surface area contributed by atoms with Crippen LogP contribution in [0.3, 0.4) is 0 Å². The lowest BCUT2D eigenvalue weighted by atomic mass is 10.2. The summed E-state index contributed by atoms with van der Waals surface area (Å²) in [4.78, 5) is 14.6. The maximum atomic E-state index is 12.5. The minimum Gasteiger partial charge on any atom is -0.338 e. The van der Waals surface area contributed by atoms with Crippen molar-refractivity contribution >= 4 is 15.7 Å². The highest BCUT2D eigenvalue weighted by Gasteiger charge is 2.29. The average Bonchev–Trinajstić information content (AvgIpc) is 3.26. The number of carbonyl (C=O) groups is 1. The van der Waals surface area contributed by atoms with Gasteiger partial charge in [0.25, 0.3) is 0 Å². The average molecular weight is 347 g/mol. The molecule has 1 amide bonds. The number of aromatic nitrogens is 2. The maximum absolute atomic E-state index is 12.5. The number of rotatable bonds is 6. The van der Waals surface area contributed by atoms with E-state index in [2.05, 4.69) is 5.10 Å². The first-order valence-corrected chi connectivity index (χ1v) is 9.76. The molecule has 1 aromatic carbocycles. The van der Waals surface area contributed by atoms with Crippen LogP contribution in [0.1, 0.15) is 19.3 Å². The van der Waals surface area contributed by atoms with Crippen molar-refractivity contribution in [3.63, 3.8) is 0 Å². The summed E-state index contributed by atoms with van der Waals surface area (Å²) in [6.45, 7) is 1.35. The third-order valence-electron chi connectivity index (χ3n) is 4.34. The molecular formula is C17H21N3O3S. The van der Waals surface area contributed by atoms with E-state index in [1.54, 1.807) is 36.5 Å². The van der Waals surface area contributed by atoms with Crippen molar-refractivity contribution in [3.05, 3.63) is 48.8 Å². The Morgan fingerprint density at radius 3 is 2.71 bits per heavy atom. The summed E-state index contributed by atoms with van der Waals surface area (Å²) in [6.07, 6.45) is 5.49. The maximum Gasteiger partial charge on any atom is 0.223 e. The van der Waals surface area contributed by atoms with Crippen molar-refractivity contribution in [2.75, 3.05) is 12.3 Å². The lowest BCUT2D eigenvalue weighted by Gasteiger charge is -2.24. The molecule has 1 saturated heterocycles. The highest BCUT2D eigenvalue weighted by molar-refractivity contribution is 7.91. The van der Waals surface area contributed by atoms with Crippen molar-refractivity contribution in [1.82, 2.24) is 14.7 Å². The molecule has 0 N–H and O–H groups in total. The summed E-state index contributed by atoms with van der Waals surface area (Å²) < 4.78 is 26.4. The second-order valence-electron chi connectivity index (χ2n) is 5.99. The molecule has 0 bridgehead atoms. The second kappa shape index (κ2) is 7.17. The van der Waals surface area contributed by atoms with Gasteiger partial charge in [-0.25, -0.2) is 8.42 Å². The number of hydrogen-bond donors (Lipinski definition) is 0. The van der Waals surface area contributed by atoms with Gasteiger partial charge in [0.1, 0.15) is 0 Å². The molecule has 7 heteroatoms. The minimum absolute atomic E-state index is 0.0207. The summed E-state index contributed by atoms with van der Waals surface area (Å²) in [6, 6.07) is 10.2. The van der Waals surface area contributed by atoms with Gasteiger partial charge >= 0.3 is 0 Å². The van der Waals surface area contributed by atoms with Gasteiger partial charge in [-0.05, 0) is 31.0 Å². The van der Waals surface area contributed by atoms with Crippen molar-refractivity contribution in [2.45, 2.75) is 36.7 Å². The molecule has 1 atom stereocenters. The Kier molecular flexibility index (Phi) is 4.99. The van der Waals surface area contributed by atoms with Crippen LogP contribution >= 0.6 is 0 Å². The van der Waals surface area contributed by atoms with Crippen LogP contribution in [0.15, 0.2) is 53.7 Å². The van der Waals surface area contributed by atoms with Gasteiger partial charge in [-0.3, -0.25) is 9.48 Å². The predicted octanol–water partition coefficient (Wildman–Crippen LogP) is 1.74. The van der Waals surface area contributed by atoms with Crippen LogP contribution in [0.25, 0.3) is 0 Å². The van der Waals surface area contributed by atoms with E-state index in [1.165, 1.54) is 0 Å². The van der Waals surface area contributed by atoms with E-state index in [4.69, 9.17) is 0 Å². The van der Waals surface area contributed by atoms with Gasteiger partial charge in [0, 0.05) is 25.4 Å². The summed E-state index contributed by atoms with van der Waals surface area (Å²) in [5.74, 6) is -0.245. The Bertz CT molecular complexity index is 773. The van der Waals surface area contributed by atoms with E-state index in [0.717, 1.165) is 12.8 Å². The number of carbonyl (C=O) groups excluding carboxylic acids is 1. The Labute approximate surface area is 142 Å². The highest BCUT2D eigenvalue weighted by atomic mass is 32.2. The number of hydrogen-bond acceptors (Lipinski definition) is 4. The lowest BCUT2D eigenvalue weighted by molar-refractivity contribution is -0.131. The molecule has 1 aromatic heterocycles. The molecular weight excluding hydrogens is 326 g/mol. The topological polar surface area (TPSA) is 72.3 Å². The molecule has 0 aliphatic carbocycles. The summed E-state index contributed by atoms with van der Waals surface area (Å²) in [5.41, 5.74) is 0. The van der Waals surface area contributed by atoms with Gasteiger partial charge in [-0.2, -0.15) is 5.10 Å². The third kappa shape index (κ3) is 3.84. The fourth-order valence-electron chi connectivity index (χ4n) is 3.09. The summed E-state index contributed by atoms with van der Waals surface area (Å²) in [5, 5.41) is 4.18. The van der Waals surface area contributed by atoms with Crippen LogP contribution in [-0.2, 0) is 21.2 Å². The van der Waals surface area contributed by atoms with Gasteiger partial charge in [-0.15, -0.1) is 0 Å². The van der Waals surface area contributed by atoms with Crippen LogP contribution in [0, 0.1) is 0 Å². The second-order valence-corrected chi connectivity index (χ2v) is 8.10. The van der Waals surface area contributed by atoms with Crippen LogP contribution in [0.5, 0.6) is 0 Å². The van der Waals surface area contributed by atoms with Gasteiger partial charge in [0.15, 0.2) is 9.84 Å². The third-order valence-corrected chi connectivity index (χ3v) is 6.07. The van der Waals surface area contributed by atoms with Crippen LogP contribution in [0.2, 0.25) is 0 Å². The molecule has 3 rings (SSSR count). The SMILES string of the molecule is O=C(CCS(=O)(=O)c1ccccc1)N1CCC[C@H]1Cn1cccn1. The molecule has 1 aliphatic rings. The zero-order valence-electron chi connectivity index (χ0n) is 13.4. The zero-order chi connectivity index (χ0) is 17.0. The van der Waals surface area contributed by atoms with E-state index in [1.807, 2.05) is 21.8 Å². The largest absolute Gasteiger partial charge is 0.338 e. The first-order valence-electron chi connectivity index (χ1n) is 8.11. The molecule has 0 unspecified atom stereocenters. The van der Waals surface area contributed by atoms with E-state index >= 15 is 0 Å². The molecule has 6 nitrogen and oxygen atoms in total. The van der Waals surface area contributed by atoms with Crippen molar-refractivity contribution in [2.24, 2.45) is 0 Å². The van der Waals surface area contributed by atoms with Crippen LogP contribution in [-0.4, -0.2) is 47.3 Å². The smallest absolute Gasteiger partial charge is 0.223 e. The predicted molar refractivity (Wildman–Crippen MR) is 90.1 cm³/mol. The van der Waals surface area contributed by atoms with Crippen molar-refractivity contribution in [1.29, 1.82) is 0 Å². The lowest BCUT2D eigenvalue weighted by Crippen LogP contribution is -2.38. The molecule has 1 fully saturated rings. The van der Waals surface area contributed by atoms with E-state index in [-0.39, 0.29) is 29.0 Å². The minimum atomic E-state index is -3.42. The molecule has 0 spiro atoms. The Morgan fingerprint density at radius 1 is 1.21 bits per heavy atom. The quantitative estimate of drug-likeness (QED) is 0.798. The van der Waals surface area contributed by atoms with E-state index in [0.29, 0.717) is 13.1 Å². The molecule has 2 heterocycles. The van der Waals surface area contributed by atoms with E-state index in [9.17, 15) is 13.2 Å². The number of nitrogens with zero attached hydrogens (tertiary/aromatic N) is 3. The summed E-state index contributed by atoms with van der Waals surface area (Å²) in [7, 11) is -3.42. The Hall–Kier alpha value is -2.15. The molecule has 2 aromatic rings. The van der Waals surface area contributed by atoms with Gasteiger partial charge < -0.3 is 4.90 Å². The monoisotopic (exact) mass is 347 g/mol. The number of amides is 1. The fraction of sp³-hybridized carbons (Fsp3) is 0.412. The van der Waals surface area contributed by atoms with Gasteiger partial charge in [-0.1, -0.05) is 18.2 Å². The molecule has 1 aliphatic heterocycles. The number of sulfone groups is 1. The van der Waals surface area contributed by atoms with Gasteiger partial charge in [0.2, 0.25) is 5.91 Å².